The minimum atomic E-state index is -1.34. The fourth-order valence-corrected chi connectivity index (χ4v) is 2.27. The molecule has 0 bridgehead atoms. The molecule has 0 aliphatic carbocycles. The highest BCUT2D eigenvalue weighted by atomic mass is 35.5. The highest BCUT2D eigenvalue weighted by Crippen LogP contribution is 2.33. The number of hydrogen-bond acceptors (Lipinski definition) is 2. The summed E-state index contributed by atoms with van der Waals surface area (Å²) in [6.07, 6.45) is 3.30. The first-order valence-corrected chi connectivity index (χ1v) is 6.35. The Labute approximate surface area is 120 Å². The van der Waals surface area contributed by atoms with E-state index in [4.69, 9.17) is 11.6 Å². The second-order valence-corrected chi connectivity index (χ2v) is 5.11. The van der Waals surface area contributed by atoms with Crippen molar-refractivity contribution in [1.82, 2.24) is 4.98 Å². The monoisotopic (exact) mass is 295 g/mol. The maximum atomic E-state index is 13.9. The van der Waals surface area contributed by atoms with Gasteiger partial charge in [-0.1, -0.05) is 0 Å². The third kappa shape index (κ3) is 2.85. The summed E-state index contributed by atoms with van der Waals surface area (Å²) in [5.74, 6) is -1.27. The van der Waals surface area contributed by atoms with Crippen LogP contribution in [0.1, 0.15) is 18.1 Å². The predicted molar refractivity (Wildman–Crippen MR) is 72.5 cm³/mol. The molecule has 0 aliphatic rings. The van der Waals surface area contributed by atoms with Gasteiger partial charge >= 0.3 is 0 Å². The SMILES string of the molecule is CC(Cc1ccncc1)(C(=O)Cl)c1cc(F)ccc1F. The molecule has 5 heteroatoms. The second-order valence-electron chi connectivity index (χ2n) is 4.76. The summed E-state index contributed by atoms with van der Waals surface area (Å²) in [4.78, 5) is 15.7. The molecule has 1 unspecified atom stereocenters. The average molecular weight is 296 g/mol. The van der Waals surface area contributed by atoms with Crippen LogP contribution < -0.4 is 0 Å². The van der Waals surface area contributed by atoms with Crippen molar-refractivity contribution >= 4 is 16.8 Å². The van der Waals surface area contributed by atoms with E-state index in [1.54, 1.807) is 24.5 Å². The number of halogens is 3. The zero-order valence-corrected chi connectivity index (χ0v) is 11.5. The predicted octanol–water partition coefficient (Wildman–Crippen LogP) is 3.63. The molecule has 1 aromatic carbocycles. The van der Waals surface area contributed by atoms with Gasteiger partial charge < -0.3 is 0 Å². The summed E-state index contributed by atoms with van der Waals surface area (Å²) in [5.41, 5.74) is -0.621. The van der Waals surface area contributed by atoms with Crippen LogP contribution in [0.25, 0.3) is 0 Å². The highest BCUT2D eigenvalue weighted by molar-refractivity contribution is 6.65. The minimum Gasteiger partial charge on any atom is -0.280 e. The van der Waals surface area contributed by atoms with E-state index >= 15 is 0 Å². The number of benzene rings is 1. The van der Waals surface area contributed by atoms with E-state index < -0.39 is 22.3 Å². The summed E-state index contributed by atoms with van der Waals surface area (Å²) < 4.78 is 27.3. The van der Waals surface area contributed by atoms with Crippen molar-refractivity contribution in [3.8, 4) is 0 Å². The van der Waals surface area contributed by atoms with Crippen LogP contribution >= 0.6 is 11.6 Å². The van der Waals surface area contributed by atoms with E-state index in [2.05, 4.69) is 4.98 Å². The van der Waals surface area contributed by atoms with Crippen LogP contribution in [0.3, 0.4) is 0 Å². The molecule has 0 amide bonds. The van der Waals surface area contributed by atoms with Crippen molar-refractivity contribution in [3.63, 3.8) is 0 Å². The van der Waals surface area contributed by atoms with Crippen LogP contribution in [0.5, 0.6) is 0 Å². The van der Waals surface area contributed by atoms with Crippen LogP contribution in [0.15, 0.2) is 42.7 Å². The second kappa shape index (κ2) is 5.67. The molecule has 0 N–H and O–H groups in total. The standard InChI is InChI=1S/C15H12ClF2NO/c1-15(14(16)20,9-10-4-6-19-7-5-10)12-8-11(17)2-3-13(12)18/h2-8H,9H2,1H3. The molecule has 20 heavy (non-hydrogen) atoms. The molecular weight excluding hydrogens is 284 g/mol. The number of rotatable bonds is 4. The van der Waals surface area contributed by atoms with Crippen molar-refractivity contribution in [2.24, 2.45) is 0 Å². The van der Waals surface area contributed by atoms with E-state index in [0.29, 0.717) is 0 Å². The maximum absolute atomic E-state index is 13.9. The fraction of sp³-hybridized carbons (Fsp3) is 0.200. The molecule has 0 aliphatic heterocycles. The Kier molecular flexibility index (Phi) is 4.14. The van der Waals surface area contributed by atoms with Crippen LogP contribution in [-0.4, -0.2) is 10.2 Å². The zero-order valence-electron chi connectivity index (χ0n) is 10.7. The van der Waals surface area contributed by atoms with Crippen LogP contribution in [0, 0.1) is 11.6 Å². The lowest BCUT2D eigenvalue weighted by atomic mass is 9.78. The van der Waals surface area contributed by atoms with Gasteiger partial charge in [-0.25, -0.2) is 8.78 Å². The molecule has 0 radical (unpaired) electrons. The van der Waals surface area contributed by atoms with E-state index in [9.17, 15) is 13.6 Å². The smallest absolute Gasteiger partial charge is 0.232 e. The van der Waals surface area contributed by atoms with E-state index in [-0.39, 0.29) is 12.0 Å². The first-order valence-electron chi connectivity index (χ1n) is 5.98. The van der Waals surface area contributed by atoms with E-state index in [0.717, 1.165) is 23.8 Å². The van der Waals surface area contributed by atoms with Crippen molar-refractivity contribution in [1.29, 1.82) is 0 Å². The molecule has 1 atom stereocenters. The molecule has 0 spiro atoms. The third-order valence-electron chi connectivity index (χ3n) is 3.26. The molecule has 2 aromatic rings. The van der Waals surface area contributed by atoms with Gasteiger partial charge in [0.15, 0.2) is 0 Å². The van der Waals surface area contributed by atoms with E-state index in [1.807, 2.05) is 0 Å². The van der Waals surface area contributed by atoms with Crippen LogP contribution in [0.2, 0.25) is 0 Å². The van der Waals surface area contributed by atoms with Gasteiger partial charge in [0.05, 0.1) is 5.41 Å². The Morgan fingerprint density at radius 1 is 1.25 bits per heavy atom. The van der Waals surface area contributed by atoms with Gasteiger partial charge in [-0.05, 0) is 60.8 Å². The molecule has 2 rings (SSSR count). The molecule has 2 nitrogen and oxygen atoms in total. The molecule has 104 valence electrons. The number of nitrogens with zero attached hydrogens (tertiary/aromatic N) is 1. The van der Waals surface area contributed by atoms with Crippen molar-refractivity contribution in [3.05, 3.63) is 65.5 Å². The van der Waals surface area contributed by atoms with Gasteiger partial charge in [-0.15, -0.1) is 0 Å². The van der Waals surface area contributed by atoms with Gasteiger partial charge in [-0.3, -0.25) is 9.78 Å². The topological polar surface area (TPSA) is 30.0 Å². The van der Waals surface area contributed by atoms with Crippen molar-refractivity contribution in [2.45, 2.75) is 18.8 Å². The summed E-state index contributed by atoms with van der Waals surface area (Å²) >= 11 is 5.65. The van der Waals surface area contributed by atoms with E-state index in [1.165, 1.54) is 6.92 Å². The number of hydrogen-bond donors (Lipinski definition) is 0. The number of carbonyl (C=O) groups excluding carboxylic acids is 1. The number of pyridine rings is 1. The number of carbonyl (C=O) groups is 1. The lowest BCUT2D eigenvalue weighted by Gasteiger charge is -2.26. The van der Waals surface area contributed by atoms with Crippen LogP contribution in [0.4, 0.5) is 8.78 Å². The third-order valence-corrected chi connectivity index (χ3v) is 3.68. The number of aromatic nitrogens is 1. The molecule has 1 aromatic heterocycles. The summed E-state index contributed by atoms with van der Waals surface area (Å²) in [7, 11) is 0. The minimum absolute atomic E-state index is 0.0469. The largest absolute Gasteiger partial charge is 0.280 e. The average Bonchev–Trinajstić information content (AvgIpc) is 2.42. The van der Waals surface area contributed by atoms with Gasteiger partial charge in [0.25, 0.3) is 0 Å². The van der Waals surface area contributed by atoms with Gasteiger partial charge in [0.2, 0.25) is 5.24 Å². The Balaban J connectivity index is 2.49. The Bertz CT molecular complexity index is 633. The first kappa shape index (κ1) is 14.6. The Morgan fingerprint density at radius 2 is 1.90 bits per heavy atom. The Hall–Kier alpha value is -1.81. The summed E-state index contributed by atoms with van der Waals surface area (Å²) in [6.45, 7) is 1.50. The first-order chi connectivity index (χ1) is 9.43. The molecular formula is C15H12ClF2NO. The lowest BCUT2D eigenvalue weighted by Crippen LogP contribution is -2.33. The van der Waals surface area contributed by atoms with Gasteiger partial charge in [-0.2, -0.15) is 0 Å². The molecule has 0 saturated carbocycles. The van der Waals surface area contributed by atoms with Crippen molar-refractivity contribution < 1.29 is 13.6 Å². The molecule has 0 saturated heterocycles. The van der Waals surface area contributed by atoms with Crippen LogP contribution in [-0.2, 0) is 16.6 Å². The molecule has 0 fully saturated rings. The highest BCUT2D eigenvalue weighted by Gasteiger charge is 2.36. The zero-order chi connectivity index (χ0) is 14.8. The van der Waals surface area contributed by atoms with Crippen molar-refractivity contribution in [2.75, 3.05) is 0 Å². The van der Waals surface area contributed by atoms with Gasteiger partial charge in [0.1, 0.15) is 11.6 Å². The van der Waals surface area contributed by atoms with Gasteiger partial charge in [0, 0.05) is 18.0 Å². The normalized spacial score (nSPS) is 13.8. The molecule has 1 heterocycles. The maximum Gasteiger partial charge on any atom is 0.232 e. The summed E-state index contributed by atoms with van der Waals surface area (Å²) in [5, 5.41) is -0.737. The lowest BCUT2D eigenvalue weighted by molar-refractivity contribution is -0.116. The Morgan fingerprint density at radius 3 is 2.50 bits per heavy atom. The summed E-state index contributed by atoms with van der Waals surface area (Å²) in [6, 6.07) is 6.42. The quantitative estimate of drug-likeness (QED) is 0.806. The fourth-order valence-electron chi connectivity index (χ4n) is 2.10.